The number of aromatic nitrogens is 1. The minimum Gasteiger partial charge on any atom is -0.381 e. The van der Waals surface area contributed by atoms with Crippen LogP contribution in [-0.4, -0.2) is 24.2 Å². The number of Topliss-reactive ketones (excluding diaryl/α,β-unsaturated/α-hetero) is 1. The molecule has 0 saturated carbocycles. The highest BCUT2D eigenvalue weighted by molar-refractivity contribution is 6.30. The standard InChI is InChI=1S/C19H22ClNO3/c20-16-7-4-14(5-8-16)2-1-3-17-12-18(21-24-17)19(22)9-6-15-10-11-23-13-15/h4-5,7-8,12,15H,1-3,6,9-11,13H2. The summed E-state index contributed by atoms with van der Waals surface area (Å²) in [5.41, 5.74) is 1.70. The van der Waals surface area contributed by atoms with Gasteiger partial charge in [-0.2, -0.15) is 0 Å². The molecule has 5 heteroatoms. The molecule has 1 aliphatic rings. The van der Waals surface area contributed by atoms with Crippen molar-refractivity contribution in [2.24, 2.45) is 5.92 Å². The molecule has 0 N–H and O–H groups in total. The molecule has 4 nitrogen and oxygen atoms in total. The summed E-state index contributed by atoms with van der Waals surface area (Å²) in [6.45, 7) is 1.60. The Morgan fingerprint density at radius 1 is 1.25 bits per heavy atom. The summed E-state index contributed by atoms with van der Waals surface area (Å²) in [6, 6.07) is 9.65. The number of ketones is 1. The lowest BCUT2D eigenvalue weighted by Gasteiger charge is -2.04. The third-order valence-corrected chi connectivity index (χ3v) is 4.70. The number of hydrogen-bond donors (Lipinski definition) is 0. The van der Waals surface area contributed by atoms with E-state index in [4.69, 9.17) is 20.9 Å². The van der Waals surface area contributed by atoms with E-state index in [2.05, 4.69) is 5.16 Å². The van der Waals surface area contributed by atoms with Crippen LogP contribution in [0.15, 0.2) is 34.9 Å². The van der Waals surface area contributed by atoms with Crippen LogP contribution in [0.3, 0.4) is 0 Å². The number of carbonyl (C=O) groups excluding carboxylic acids is 1. The first-order valence-electron chi connectivity index (χ1n) is 8.51. The first kappa shape index (κ1) is 17.2. The van der Waals surface area contributed by atoms with Gasteiger partial charge in [-0.1, -0.05) is 28.9 Å². The Kier molecular flexibility index (Phi) is 6.05. The van der Waals surface area contributed by atoms with E-state index in [1.165, 1.54) is 5.56 Å². The average Bonchev–Trinajstić information content (AvgIpc) is 3.26. The molecule has 1 aromatic heterocycles. The van der Waals surface area contributed by atoms with Crippen molar-refractivity contribution in [3.05, 3.63) is 52.4 Å². The summed E-state index contributed by atoms with van der Waals surface area (Å²) >= 11 is 5.88. The normalized spacial score (nSPS) is 17.3. The van der Waals surface area contributed by atoms with Gasteiger partial charge in [0, 0.05) is 37.1 Å². The number of benzene rings is 1. The van der Waals surface area contributed by atoms with Gasteiger partial charge in [0.05, 0.1) is 0 Å². The molecule has 1 aliphatic heterocycles. The largest absolute Gasteiger partial charge is 0.381 e. The number of hydrogen-bond acceptors (Lipinski definition) is 4. The van der Waals surface area contributed by atoms with Gasteiger partial charge in [-0.05, 0) is 49.3 Å². The number of rotatable bonds is 8. The summed E-state index contributed by atoms with van der Waals surface area (Å²) in [5, 5.41) is 4.68. The molecule has 1 aromatic carbocycles. The van der Waals surface area contributed by atoms with Crippen molar-refractivity contribution in [1.82, 2.24) is 5.16 Å². The molecule has 0 spiro atoms. The van der Waals surface area contributed by atoms with Gasteiger partial charge in [-0.25, -0.2) is 0 Å². The molecule has 0 bridgehead atoms. The van der Waals surface area contributed by atoms with Crippen molar-refractivity contribution in [2.45, 2.75) is 38.5 Å². The fourth-order valence-corrected chi connectivity index (χ4v) is 3.08. The zero-order valence-corrected chi connectivity index (χ0v) is 14.4. The summed E-state index contributed by atoms with van der Waals surface area (Å²) in [6.07, 6.45) is 5.12. The smallest absolute Gasteiger partial charge is 0.184 e. The summed E-state index contributed by atoms with van der Waals surface area (Å²) in [4.78, 5) is 12.2. The zero-order chi connectivity index (χ0) is 16.8. The Morgan fingerprint density at radius 3 is 2.83 bits per heavy atom. The maximum absolute atomic E-state index is 12.2. The van der Waals surface area contributed by atoms with Crippen LogP contribution in [-0.2, 0) is 17.6 Å². The monoisotopic (exact) mass is 347 g/mol. The Bertz CT molecular complexity index is 660. The Labute approximate surface area is 147 Å². The lowest BCUT2D eigenvalue weighted by Crippen LogP contribution is -2.05. The van der Waals surface area contributed by atoms with Crippen LogP contribution in [0.5, 0.6) is 0 Å². The van der Waals surface area contributed by atoms with E-state index >= 15 is 0 Å². The third kappa shape index (κ3) is 4.92. The maximum Gasteiger partial charge on any atom is 0.184 e. The fourth-order valence-electron chi connectivity index (χ4n) is 2.95. The van der Waals surface area contributed by atoms with Gasteiger partial charge in [-0.15, -0.1) is 0 Å². The molecule has 1 unspecified atom stereocenters. The first-order valence-corrected chi connectivity index (χ1v) is 8.89. The fraction of sp³-hybridized carbons (Fsp3) is 0.474. The highest BCUT2D eigenvalue weighted by Gasteiger charge is 2.19. The number of ether oxygens (including phenoxy) is 1. The number of aryl methyl sites for hydroxylation is 2. The molecule has 1 atom stereocenters. The molecule has 1 saturated heterocycles. The minimum absolute atomic E-state index is 0.0644. The lowest BCUT2D eigenvalue weighted by atomic mass is 10.00. The van der Waals surface area contributed by atoms with E-state index in [-0.39, 0.29) is 5.78 Å². The van der Waals surface area contributed by atoms with E-state index in [1.54, 1.807) is 6.07 Å². The second-order valence-electron chi connectivity index (χ2n) is 6.35. The van der Waals surface area contributed by atoms with E-state index in [1.807, 2.05) is 24.3 Å². The van der Waals surface area contributed by atoms with Crippen molar-refractivity contribution in [1.29, 1.82) is 0 Å². The molecule has 128 valence electrons. The van der Waals surface area contributed by atoms with Crippen LogP contribution < -0.4 is 0 Å². The number of carbonyl (C=O) groups is 1. The molecule has 1 fully saturated rings. The Hall–Kier alpha value is -1.65. The summed E-state index contributed by atoms with van der Waals surface area (Å²) in [5.74, 6) is 1.35. The lowest BCUT2D eigenvalue weighted by molar-refractivity contribution is 0.0962. The van der Waals surface area contributed by atoms with E-state index < -0.39 is 0 Å². The van der Waals surface area contributed by atoms with E-state index in [0.717, 1.165) is 56.1 Å². The van der Waals surface area contributed by atoms with Gasteiger partial charge in [-0.3, -0.25) is 4.79 Å². The SMILES string of the molecule is O=C(CCC1CCOC1)c1cc(CCCc2ccc(Cl)cc2)on1. The third-order valence-electron chi connectivity index (χ3n) is 4.45. The van der Waals surface area contributed by atoms with Crippen LogP contribution in [0.4, 0.5) is 0 Å². The minimum atomic E-state index is 0.0644. The van der Waals surface area contributed by atoms with Gasteiger partial charge in [0.15, 0.2) is 5.78 Å². The molecule has 24 heavy (non-hydrogen) atoms. The molecule has 2 aromatic rings. The molecule has 0 aliphatic carbocycles. The van der Waals surface area contributed by atoms with Crippen molar-refractivity contribution in [2.75, 3.05) is 13.2 Å². The van der Waals surface area contributed by atoms with Crippen LogP contribution in [0.2, 0.25) is 5.02 Å². The average molecular weight is 348 g/mol. The first-order chi connectivity index (χ1) is 11.7. The van der Waals surface area contributed by atoms with E-state index in [0.29, 0.717) is 18.0 Å². The Morgan fingerprint density at radius 2 is 2.08 bits per heavy atom. The summed E-state index contributed by atoms with van der Waals surface area (Å²) in [7, 11) is 0. The number of nitrogens with zero attached hydrogens (tertiary/aromatic N) is 1. The molecule has 0 radical (unpaired) electrons. The van der Waals surface area contributed by atoms with Crippen molar-refractivity contribution < 1.29 is 14.1 Å². The molecule has 0 amide bonds. The van der Waals surface area contributed by atoms with Crippen LogP contribution >= 0.6 is 11.6 Å². The zero-order valence-electron chi connectivity index (χ0n) is 13.7. The van der Waals surface area contributed by atoms with Crippen LogP contribution in [0, 0.1) is 5.92 Å². The Balaban J connectivity index is 1.42. The highest BCUT2D eigenvalue weighted by Crippen LogP contribution is 2.20. The van der Waals surface area contributed by atoms with Crippen molar-refractivity contribution in [3.63, 3.8) is 0 Å². The van der Waals surface area contributed by atoms with E-state index in [9.17, 15) is 4.79 Å². The van der Waals surface area contributed by atoms with Gasteiger partial charge in [0.1, 0.15) is 11.5 Å². The molecular formula is C19H22ClNO3. The van der Waals surface area contributed by atoms with Gasteiger partial charge in [0.25, 0.3) is 0 Å². The van der Waals surface area contributed by atoms with Gasteiger partial charge < -0.3 is 9.26 Å². The quantitative estimate of drug-likeness (QED) is 0.659. The van der Waals surface area contributed by atoms with Crippen LogP contribution in [0.25, 0.3) is 0 Å². The second kappa shape index (κ2) is 8.45. The van der Waals surface area contributed by atoms with Crippen LogP contribution in [0.1, 0.15) is 47.5 Å². The summed E-state index contributed by atoms with van der Waals surface area (Å²) < 4.78 is 10.6. The second-order valence-corrected chi connectivity index (χ2v) is 6.79. The predicted molar refractivity (Wildman–Crippen MR) is 92.5 cm³/mol. The van der Waals surface area contributed by atoms with Gasteiger partial charge >= 0.3 is 0 Å². The van der Waals surface area contributed by atoms with Crippen molar-refractivity contribution >= 4 is 17.4 Å². The maximum atomic E-state index is 12.2. The molecule has 2 heterocycles. The molecular weight excluding hydrogens is 326 g/mol. The number of halogens is 1. The highest BCUT2D eigenvalue weighted by atomic mass is 35.5. The predicted octanol–water partition coefficient (Wildman–Crippen LogP) is 4.50. The molecule has 3 rings (SSSR count). The van der Waals surface area contributed by atoms with Gasteiger partial charge in [0.2, 0.25) is 0 Å². The topological polar surface area (TPSA) is 52.3 Å². The van der Waals surface area contributed by atoms with Crippen molar-refractivity contribution in [3.8, 4) is 0 Å².